The van der Waals surface area contributed by atoms with E-state index in [2.05, 4.69) is 30.5 Å². The van der Waals surface area contributed by atoms with Crippen LogP contribution in [0.15, 0.2) is 24.3 Å². The van der Waals surface area contributed by atoms with Gasteiger partial charge in [-0.05, 0) is 63.2 Å². The standard InChI is InChI=1S/C23H33N3O2/c1-15-14-24-12-11-20(15)25-22(27)18-8-4-5-9-19(18)23(28)26-16(2)13-17-7-3-6-10-21(17)26/h3,6-7,10,15-16,18-20,24H,4-5,8-9,11-14H2,1-2H3,(H,25,27). The Labute approximate surface area is 168 Å². The molecule has 5 nitrogen and oxygen atoms in total. The maximum atomic E-state index is 13.6. The van der Waals surface area contributed by atoms with Crippen LogP contribution in [0, 0.1) is 17.8 Å². The summed E-state index contributed by atoms with van der Waals surface area (Å²) in [6.07, 6.45) is 5.59. The van der Waals surface area contributed by atoms with Gasteiger partial charge in [0.1, 0.15) is 0 Å². The molecule has 3 aliphatic rings. The normalized spacial score (nSPS) is 32.6. The van der Waals surface area contributed by atoms with Gasteiger partial charge >= 0.3 is 0 Å². The lowest BCUT2D eigenvalue weighted by Gasteiger charge is -2.36. The average molecular weight is 384 g/mol. The number of nitrogens with one attached hydrogen (secondary N) is 2. The summed E-state index contributed by atoms with van der Waals surface area (Å²) < 4.78 is 0. The lowest BCUT2D eigenvalue weighted by atomic mass is 9.77. The summed E-state index contributed by atoms with van der Waals surface area (Å²) in [5.74, 6) is 0.288. The van der Waals surface area contributed by atoms with E-state index in [4.69, 9.17) is 0 Å². The van der Waals surface area contributed by atoms with Crippen molar-refractivity contribution in [2.45, 2.75) is 64.5 Å². The molecule has 1 aromatic carbocycles. The molecular weight excluding hydrogens is 350 g/mol. The van der Waals surface area contributed by atoms with Crippen LogP contribution in [0.5, 0.6) is 0 Å². The topological polar surface area (TPSA) is 61.4 Å². The molecule has 5 heteroatoms. The number of rotatable bonds is 3. The summed E-state index contributed by atoms with van der Waals surface area (Å²) in [5, 5.41) is 6.68. The van der Waals surface area contributed by atoms with Gasteiger partial charge in [0.05, 0.1) is 5.92 Å². The van der Waals surface area contributed by atoms with Gasteiger partial charge in [0.15, 0.2) is 0 Å². The van der Waals surface area contributed by atoms with Crippen molar-refractivity contribution in [3.63, 3.8) is 0 Å². The molecule has 1 aliphatic carbocycles. The van der Waals surface area contributed by atoms with Crippen molar-refractivity contribution in [2.75, 3.05) is 18.0 Å². The zero-order valence-corrected chi connectivity index (χ0v) is 17.1. The summed E-state index contributed by atoms with van der Waals surface area (Å²) >= 11 is 0. The maximum Gasteiger partial charge on any atom is 0.231 e. The van der Waals surface area contributed by atoms with Crippen molar-refractivity contribution in [3.8, 4) is 0 Å². The van der Waals surface area contributed by atoms with Crippen molar-refractivity contribution in [1.29, 1.82) is 0 Å². The molecular formula is C23H33N3O2. The molecule has 5 unspecified atom stereocenters. The second kappa shape index (κ2) is 8.24. The number of hydrogen-bond donors (Lipinski definition) is 2. The Hall–Kier alpha value is -1.88. The fourth-order valence-corrected chi connectivity index (χ4v) is 5.34. The third kappa shape index (κ3) is 3.69. The molecule has 2 fully saturated rings. The first-order chi connectivity index (χ1) is 13.6. The SMILES string of the molecule is CC1CNCCC1NC(=O)C1CCCCC1C(=O)N1c2ccccc2CC1C. The monoisotopic (exact) mass is 383 g/mol. The number of piperidine rings is 1. The van der Waals surface area contributed by atoms with Crippen LogP contribution in [-0.4, -0.2) is 37.0 Å². The number of amides is 2. The number of para-hydroxylation sites is 1. The highest BCUT2D eigenvalue weighted by Gasteiger charge is 2.42. The van der Waals surface area contributed by atoms with Gasteiger partial charge in [0.25, 0.3) is 0 Å². The molecule has 1 aromatic rings. The highest BCUT2D eigenvalue weighted by atomic mass is 16.2. The van der Waals surface area contributed by atoms with E-state index in [0.717, 1.165) is 57.3 Å². The Morgan fingerprint density at radius 1 is 1.07 bits per heavy atom. The van der Waals surface area contributed by atoms with E-state index in [1.165, 1.54) is 5.56 Å². The van der Waals surface area contributed by atoms with Gasteiger partial charge in [-0.1, -0.05) is 38.0 Å². The number of benzene rings is 1. The molecule has 0 radical (unpaired) electrons. The Morgan fingerprint density at radius 2 is 1.82 bits per heavy atom. The van der Waals surface area contributed by atoms with E-state index >= 15 is 0 Å². The molecule has 28 heavy (non-hydrogen) atoms. The third-order valence-electron chi connectivity index (χ3n) is 6.98. The molecule has 5 atom stereocenters. The number of carbonyl (C=O) groups excluding carboxylic acids is 2. The largest absolute Gasteiger partial charge is 0.353 e. The first-order valence-corrected chi connectivity index (χ1v) is 11.0. The first-order valence-electron chi connectivity index (χ1n) is 11.0. The second-order valence-electron chi connectivity index (χ2n) is 8.97. The van der Waals surface area contributed by atoms with Gasteiger partial charge in [0, 0.05) is 23.7 Å². The van der Waals surface area contributed by atoms with Gasteiger partial charge in [-0.25, -0.2) is 0 Å². The molecule has 0 spiro atoms. The quantitative estimate of drug-likeness (QED) is 0.844. The molecule has 1 saturated heterocycles. The van der Waals surface area contributed by atoms with Crippen LogP contribution in [0.4, 0.5) is 5.69 Å². The van der Waals surface area contributed by atoms with Gasteiger partial charge in [0.2, 0.25) is 11.8 Å². The zero-order chi connectivity index (χ0) is 19.7. The van der Waals surface area contributed by atoms with Crippen LogP contribution in [-0.2, 0) is 16.0 Å². The number of anilines is 1. The van der Waals surface area contributed by atoms with Gasteiger partial charge in [-0.15, -0.1) is 0 Å². The maximum absolute atomic E-state index is 13.6. The summed E-state index contributed by atoms with van der Waals surface area (Å²) in [6.45, 7) is 6.19. The Bertz CT molecular complexity index is 734. The minimum Gasteiger partial charge on any atom is -0.353 e. The fraction of sp³-hybridized carbons (Fsp3) is 0.652. The molecule has 2 aliphatic heterocycles. The predicted molar refractivity (Wildman–Crippen MR) is 111 cm³/mol. The fourth-order valence-electron chi connectivity index (χ4n) is 5.34. The molecule has 2 heterocycles. The van der Waals surface area contributed by atoms with Crippen LogP contribution < -0.4 is 15.5 Å². The number of fused-ring (bicyclic) bond motifs is 1. The number of carbonyl (C=O) groups is 2. The van der Waals surface area contributed by atoms with Crippen molar-refractivity contribution >= 4 is 17.5 Å². The first kappa shape index (κ1) is 19.4. The van der Waals surface area contributed by atoms with E-state index in [0.29, 0.717) is 5.92 Å². The molecule has 2 amide bonds. The molecule has 2 N–H and O–H groups in total. The van der Waals surface area contributed by atoms with E-state index in [1.807, 2.05) is 23.1 Å². The Morgan fingerprint density at radius 3 is 2.61 bits per heavy atom. The van der Waals surface area contributed by atoms with Crippen molar-refractivity contribution in [3.05, 3.63) is 29.8 Å². The average Bonchev–Trinajstić information content (AvgIpc) is 3.05. The summed E-state index contributed by atoms with van der Waals surface area (Å²) in [6, 6.07) is 8.59. The zero-order valence-electron chi connectivity index (χ0n) is 17.1. The molecule has 0 aromatic heterocycles. The molecule has 152 valence electrons. The van der Waals surface area contributed by atoms with Crippen LogP contribution in [0.25, 0.3) is 0 Å². The highest BCUT2D eigenvalue weighted by molar-refractivity contribution is 6.00. The van der Waals surface area contributed by atoms with Gasteiger partial charge in [-0.2, -0.15) is 0 Å². The minimum atomic E-state index is -0.195. The summed E-state index contributed by atoms with van der Waals surface area (Å²) in [4.78, 5) is 28.7. The number of hydrogen-bond acceptors (Lipinski definition) is 3. The van der Waals surface area contributed by atoms with Crippen molar-refractivity contribution in [1.82, 2.24) is 10.6 Å². The molecule has 1 saturated carbocycles. The van der Waals surface area contributed by atoms with E-state index < -0.39 is 0 Å². The molecule has 4 rings (SSSR count). The summed E-state index contributed by atoms with van der Waals surface area (Å²) in [5.41, 5.74) is 2.28. The van der Waals surface area contributed by atoms with E-state index in [1.54, 1.807) is 0 Å². The number of nitrogens with zero attached hydrogens (tertiary/aromatic N) is 1. The van der Waals surface area contributed by atoms with Gasteiger partial charge in [-0.3, -0.25) is 9.59 Å². The molecule has 0 bridgehead atoms. The Kier molecular flexibility index (Phi) is 5.72. The third-order valence-corrected chi connectivity index (χ3v) is 6.98. The van der Waals surface area contributed by atoms with E-state index in [9.17, 15) is 9.59 Å². The smallest absolute Gasteiger partial charge is 0.231 e. The minimum absolute atomic E-state index is 0.0944. The lowest BCUT2D eigenvalue weighted by Crippen LogP contribution is -2.52. The van der Waals surface area contributed by atoms with Crippen LogP contribution in [0.2, 0.25) is 0 Å². The van der Waals surface area contributed by atoms with Crippen LogP contribution in [0.3, 0.4) is 0 Å². The Balaban J connectivity index is 1.50. The second-order valence-corrected chi connectivity index (χ2v) is 8.97. The lowest BCUT2D eigenvalue weighted by molar-refractivity contribution is -0.136. The van der Waals surface area contributed by atoms with Crippen molar-refractivity contribution in [2.24, 2.45) is 17.8 Å². The van der Waals surface area contributed by atoms with Gasteiger partial charge < -0.3 is 15.5 Å². The highest BCUT2D eigenvalue weighted by Crippen LogP contribution is 2.38. The summed E-state index contributed by atoms with van der Waals surface area (Å²) in [7, 11) is 0. The predicted octanol–water partition coefficient (Wildman–Crippen LogP) is 2.88. The van der Waals surface area contributed by atoms with Crippen LogP contribution >= 0.6 is 0 Å². The van der Waals surface area contributed by atoms with E-state index in [-0.39, 0.29) is 35.7 Å². The van der Waals surface area contributed by atoms with Crippen LogP contribution in [0.1, 0.15) is 51.5 Å². The van der Waals surface area contributed by atoms with Crippen molar-refractivity contribution < 1.29 is 9.59 Å².